The number of nitrogens with one attached hydrogen (secondary N) is 1. The van der Waals surface area contributed by atoms with E-state index in [1.165, 1.54) is 12.1 Å². The highest BCUT2D eigenvalue weighted by atomic mass is 19.1. The van der Waals surface area contributed by atoms with Gasteiger partial charge in [-0.05, 0) is 30.5 Å². The van der Waals surface area contributed by atoms with Crippen LogP contribution in [0.4, 0.5) is 4.39 Å². The number of amidine groups is 1. The van der Waals surface area contributed by atoms with Crippen LogP contribution in [-0.4, -0.2) is 17.0 Å². The lowest BCUT2D eigenvalue weighted by atomic mass is 9.93. The Morgan fingerprint density at radius 1 is 1.40 bits per heavy atom. The van der Waals surface area contributed by atoms with E-state index in [0.29, 0.717) is 5.56 Å². The van der Waals surface area contributed by atoms with E-state index in [4.69, 9.17) is 10.9 Å². The van der Waals surface area contributed by atoms with Crippen LogP contribution in [0.3, 0.4) is 0 Å². The number of carbonyl (C=O) groups excluding carboxylic acids is 1. The van der Waals surface area contributed by atoms with Gasteiger partial charge in [0.2, 0.25) is 5.91 Å². The first-order chi connectivity index (χ1) is 9.36. The predicted octanol–water partition coefficient (Wildman–Crippen LogP) is 2.02. The minimum atomic E-state index is -0.726. The Kier molecular flexibility index (Phi) is 5.49. The monoisotopic (exact) mass is 281 g/mol. The van der Waals surface area contributed by atoms with Crippen molar-refractivity contribution in [3.8, 4) is 0 Å². The molecular weight excluding hydrogens is 261 g/mol. The van der Waals surface area contributed by atoms with Crippen LogP contribution in [-0.2, 0) is 4.79 Å². The van der Waals surface area contributed by atoms with Crippen molar-refractivity contribution in [2.75, 3.05) is 0 Å². The number of amides is 1. The smallest absolute Gasteiger partial charge is 0.231 e. The molecule has 4 N–H and O–H groups in total. The first kappa shape index (κ1) is 15.9. The molecule has 2 unspecified atom stereocenters. The molecule has 2 atom stereocenters. The predicted molar refractivity (Wildman–Crippen MR) is 74.7 cm³/mol. The van der Waals surface area contributed by atoms with E-state index in [0.717, 1.165) is 0 Å². The maximum absolute atomic E-state index is 13.1. The molecule has 0 radical (unpaired) electrons. The topological polar surface area (TPSA) is 87.7 Å². The fourth-order valence-corrected chi connectivity index (χ4v) is 2.00. The lowest BCUT2D eigenvalue weighted by Gasteiger charge is -2.22. The van der Waals surface area contributed by atoms with Gasteiger partial charge in [0.05, 0.1) is 6.04 Å². The summed E-state index contributed by atoms with van der Waals surface area (Å²) in [4.78, 5) is 12.2. The second-order valence-corrected chi connectivity index (χ2v) is 5.03. The lowest BCUT2D eigenvalue weighted by molar-refractivity contribution is -0.124. The van der Waals surface area contributed by atoms with Crippen molar-refractivity contribution in [2.24, 2.45) is 22.7 Å². The Morgan fingerprint density at radius 2 is 2.05 bits per heavy atom. The summed E-state index contributed by atoms with van der Waals surface area (Å²) in [6.07, 6.45) is 0. The highest BCUT2D eigenvalue weighted by Crippen LogP contribution is 2.17. The number of nitrogens with two attached hydrogens (primary N) is 1. The summed E-state index contributed by atoms with van der Waals surface area (Å²) in [6.45, 7) is 5.35. The van der Waals surface area contributed by atoms with Crippen LogP contribution in [0, 0.1) is 17.7 Å². The summed E-state index contributed by atoms with van der Waals surface area (Å²) in [7, 11) is 0. The molecule has 20 heavy (non-hydrogen) atoms. The van der Waals surface area contributed by atoms with Crippen molar-refractivity contribution < 1.29 is 14.4 Å². The number of halogens is 1. The van der Waals surface area contributed by atoms with Crippen LogP contribution < -0.4 is 11.1 Å². The van der Waals surface area contributed by atoms with Gasteiger partial charge in [0.1, 0.15) is 11.7 Å². The fourth-order valence-electron chi connectivity index (χ4n) is 2.00. The number of hydrogen-bond donors (Lipinski definition) is 3. The number of hydrogen-bond acceptors (Lipinski definition) is 3. The zero-order valence-electron chi connectivity index (χ0n) is 11.8. The SMILES string of the molecule is CC(NC(=O)C(C(N)=NO)C(C)C)c1cccc(F)c1. The minimum Gasteiger partial charge on any atom is -0.409 e. The molecule has 0 fully saturated rings. The number of rotatable bonds is 5. The van der Waals surface area contributed by atoms with E-state index in [9.17, 15) is 9.18 Å². The molecule has 0 spiro atoms. The fraction of sp³-hybridized carbons (Fsp3) is 0.429. The molecule has 110 valence electrons. The van der Waals surface area contributed by atoms with Gasteiger partial charge < -0.3 is 16.3 Å². The molecule has 0 bridgehead atoms. The number of nitrogens with zero attached hydrogens (tertiary/aromatic N) is 1. The van der Waals surface area contributed by atoms with Gasteiger partial charge in [-0.15, -0.1) is 0 Å². The third kappa shape index (κ3) is 3.94. The van der Waals surface area contributed by atoms with E-state index in [1.807, 2.05) is 0 Å². The highest BCUT2D eigenvalue weighted by Gasteiger charge is 2.27. The molecule has 0 aromatic heterocycles. The van der Waals surface area contributed by atoms with Gasteiger partial charge in [0, 0.05) is 0 Å². The molecule has 0 aliphatic heterocycles. The Bertz CT molecular complexity index is 503. The van der Waals surface area contributed by atoms with Crippen LogP contribution >= 0.6 is 0 Å². The molecule has 1 aromatic rings. The third-order valence-electron chi connectivity index (χ3n) is 3.09. The molecule has 1 amide bonds. The third-order valence-corrected chi connectivity index (χ3v) is 3.09. The van der Waals surface area contributed by atoms with Crippen LogP contribution in [0.5, 0.6) is 0 Å². The van der Waals surface area contributed by atoms with E-state index in [2.05, 4.69) is 10.5 Å². The van der Waals surface area contributed by atoms with Crippen molar-refractivity contribution >= 4 is 11.7 Å². The number of benzene rings is 1. The van der Waals surface area contributed by atoms with Gasteiger partial charge in [-0.1, -0.05) is 31.1 Å². The summed E-state index contributed by atoms with van der Waals surface area (Å²) in [5.74, 6) is -1.70. The second-order valence-electron chi connectivity index (χ2n) is 5.03. The van der Waals surface area contributed by atoms with Crippen molar-refractivity contribution in [1.29, 1.82) is 0 Å². The first-order valence-electron chi connectivity index (χ1n) is 6.40. The van der Waals surface area contributed by atoms with E-state index >= 15 is 0 Å². The standard InChI is InChI=1S/C14H20FN3O2/c1-8(2)12(13(16)18-20)14(19)17-9(3)10-5-4-6-11(15)7-10/h4-9,12,20H,1-3H3,(H2,16,18)(H,17,19). The molecule has 5 nitrogen and oxygen atoms in total. The largest absolute Gasteiger partial charge is 0.409 e. The Morgan fingerprint density at radius 3 is 2.55 bits per heavy atom. The first-order valence-corrected chi connectivity index (χ1v) is 6.40. The van der Waals surface area contributed by atoms with Gasteiger partial charge in [0.25, 0.3) is 0 Å². The minimum absolute atomic E-state index is 0.120. The molecule has 0 heterocycles. The van der Waals surface area contributed by atoms with Gasteiger partial charge >= 0.3 is 0 Å². The Hall–Kier alpha value is -2.11. The zero-order valence-corrected chi connectivity index (χ0v) is 11.8. The van der Waals surface area contributed by atoms with Crippen LogP contribution in [0.15, 0.2) is 29.4 Å². The lowest BCUT2D eigenvalue weighted by Crippen LogP contribution is -2.42. The van der Waals surface area contributed by atoms with E-state index in [-0.39, 0.29) is 29.5 Å². The summed E-state index contributed by atoms with van der Waals surface area (Å²) in [6, 6.07) is 5.63. The molecule has 1 aromatic carbocycles. The maximum Gasteiger partial charge on any atom is 0.231 e. The average molecular weight is 281 g/mol. The van der Waals surface area contributed by atoms with Crippen LogP contribution in [0.1, 0.15) is 32.4 Å². The normalized spacial score (nSPS) is 14.9. The van der Waals surface area contributed by atoms with Crippen LogP contribution in [0.25, 0.3) is 0 Å². The van der Waals surface area contributed by atoms with Crippen LogP contribution in [0.2, 0.25) is 0 Å². The van der Waals surface area contributed by atoms with Gasteiger partial charge in [-0.2, -0.15) is 0 Å². The average Bonchev–Trinajstić information content (AvgIpc) is 2.38. The van der Waals surface area contributed by atoms with E-state index in [1.54, 1.807) is 32.9 Å². The zero-order chi connectivity index (χ0) is 15.3. The molecule has 0 aliphatic rings. The number of oxime groups is 1. The van der Waals surface area contributed by atoms with Gasteiger partial charge in [0.15, 0.2) is 5.84 Å². The van der Waals surface area contributed by atoms with E-state index < -0.39 is 5.92 Å². The quantitative estimate of drug-likeness (QED) is 0.334. The van der Waals surface area contributed by atoms with Crippen molar-refractivity contribution in [3.63, 3.8) is 0 Å². The molecule has 0 saturated heterocycles. The summed E-state index contributed by atoms with van der Waals surface area (Å²) in [5, 5.41) is 14.4. The summed E-state index contributed by atoms with van der Waals surface area (Å²) < 4.78 is 13.1. The van der Waals surface area contributed by atoms with Gasteiger partial charge in [-0.25, -0.2) is 4.39 Å². The highest BCUT2D eigenvalue weighted by molar-refractivity contribution is 6.02. The summed E-state index contributed by atoms with van der Waals surface area (Å²) >= 11 is 0. The van der Waals surface area contributed by atoms with Crippen molar-refractivity contribution in [1.82, 2.24) is 5.32 Å². The summed E-state index contributed by atoms with van der Waals surface area (Å²) in [5.41, 5.74) is 6.19. The Balaban J connectivity index is 2.83. The molecule has 6 heteroatoms. The van der Waals surface area contributed by atoms with Crippen molar-refractivity contribution in [3.05, 3.63) is 35.6 Å². The maximum atomic E-state index is 13.1. The molecule has 1 rings (SSSR count). The molecular formula is C14H20FN3O2. The molecule has 0 aliphatic carbocycles. The van der Waals surface area contributed by atoms with Gasteiger partial charge in [-0.3, -0.25) is 4.79 Å². The Labute approximate surface area is 117 Å². The second kappa shape index (κ2) is 6.88. The number of carbonyl (C=O) groups is 1. The molecule has 0 saturated carbocycles. The van der Waals surface area contributed by atoms with Crippen molar-refractivity contribution in [2.45, 2.75) is 26.8 Å².